The van der Waals surface area contributed by atoms with Crippen molar-refractivity contribution in [1.82, 2.24) is 0 Å². The van der Waals surface area contributed by atoms with Gasteiger partial charge in [-0.25, -0.2) is 0 Å². The molecule has 0 saturated carbocycles. The van der Waals surface area contributed by atoms with Crippen molar-refractivity contribution in [1.29, 1.82) is 0 Å². The second-order valence-corrected chi connectivity index (χ2v) is 3.57. The highest BCUT2D eigenvalue weighted by Gasteiger charge is 2.06. The third kappa shape index (κ3) is 2.41. The Bertz CT molecular complexity index is 305. The number of aromatic hydroxyl groups is 2. The van der Waals surface area contributed by atoms with Crippen LogP contribution in [-0.2, 0) is 12.8 Å². The van der Waals surface area contributed by atoms with Gasteiger partial charge in [-0.1, -0.05) is 20.3 Å². The minimum atomic E-state index is 0.302. The fourth-order valence-electron chi connectivity index (χ4n) is 1.51. The van der Waals surface area contributed by atoms with Crippen LogP contribution in [0.5, 0.6) is 11.5 Å². The standard InChI is InChI=1S/C12H18O2/c1-3-5-6-10-8-11(13)9(4-2)7-12(10)14/h7-8,13-14H,3-6H2,1-2H3. The molecular formula is C12H18O2. The van der Waals surface area contributed by atoms with Gasteiger partial charge in [-0.3, -0.25) is 0 Å². The maximum absolute atomic E-state index is 9.66. The van der Waals surface area contributed by atoms with Crippen molar-refractivity contribution in [3.05, 3.63) is 23.3 Å². The van der Waals surface area contributed by atoms with Crippen LogP contribution in [0.4, 0.5) is 0 Å². The zero-order chi connectivity index (χ0) is 10.6. The van der Waals surface area contributed by atoms with Crippen LogP contribution in [0.25, 0.3) is 0 Å². The predicted molar refractivity (Wildman–Crippen MR) is 57.8 cm³/mol. The molecule has 0 saturated heterocycles. The van der Waals surface area contributed by atoms with Gasteiger partial charge in [0.15, 0.2) is 0 Å². The second-order valence-electron chi connectivity index (χ2n) is 3.57. The summed E-state index contributed by atoms with van der Waals surface area (Å²) >= 11 is 0. The maximum Gasteiger partial charge on any atom is 0.119 e. The van der Waals surface area contributed by atoms with E-state index in [0.29, 0.717) is 11.5 Å². The molecule has 1 aromatic carbocycles. The number of hydrogen-bond donors (Lipinski definition) is 2. The van der Waals surface area contributed by atoms with Crippen LogP contribution < -0.4 is 0 Å². The summed E-state index contributed by atoms with van der Waals surface area (Å²) in [5.41, 5.74) is 1.66. The molecule has 2 N–H and O–H groups in total. The number of rotatable bonds is 4. The van der Waals surface area contributed by atoms with E-state index in [1.54, 1.807) is 12.1 Å². The van der Waals surface area contributed by atoms with Gasteiger partial charge in [0, 0.05) is 0 Å². The fraction of sp³-hybridized carbons (Fsp3) is 0.500. The Morgan fingerprint density at radius 2 is 1.57 bits per heavy atom. The average molecular weight is 194 g/mol. The normalized spacial score (nSPS) is 10.4. The third-order valence-electron chi connectivity index (χ3n) is 2.46. The van der Waals surface area contributed by atoms with Gasteiger partial charge in [0.1, 0.15) is 11.5 Å². The van der Waals surface area contributed by atoms with Crippen LogP contribution in [0.15, 0.2) is 12.1 Å². The molecule has 1 rings (SSSR count). The molecule has 0 spiro atoms. The summed E-state index contributed by atoms with van der Waals surface area (Å²) in [4.78, 5) is 0. The Hall–Kier alpha value is -1.18. The Morgan fingerprint density at radius 3 is 2.14 bits per heavy atom. The number of hydrogen-bond acceptors (Lipinski definition) is 2. The van der Waals surface area contributed by atoms with Crippen molar-refractivity contribution in [2.75, 3.05) is 0 Å². The van der Waals surface area contributed by atoms with E-state index in [2.05, 4.69) is 6.92 Å². The van der Waals surface area contributed by atoms with Crippen molar-refractivity contribution in [3.63, 3.8) is 0 Å². The zero-order valence-electron chi connectivity index (χ0n) is 8.88. The van der Waals surface area contributed by atoms with E-state index in [4.69, 9.17) is 0 Å². The highest BCUT2D eigenvalue weighted by Crippen LogP contribution is 2.28. The largest absolute Gasteiger partial charge is 0.508 e. The highest BCUT2D eigenvalue weighted by atomic mass is 16.3. The Labute approximate surface area is 85.2 Å². The van der Waals surface area contributed by atoms with Crippen LogP contribution >= 0.6 is 0 Å². The molecular weight excluding hydrogens is 176 g/mol. The molecule has 0 radical (unpaired) electrons. The molecule has 0 unspecified atom stereocenters. The van der Waals surface area contributed by atoms with Crippen molar-refractivity contribution in [3.8, 4) is 11.5 Å². The molecule has 1 aromatic rings. The Kier molecular flexibility index (Phi) is 3.81. The first-order valence-corrected chi connectivity index (χ1v) is 5.22. The molecule has 14 heavy (non-hydrogen) atoms. The molecule has 0 aromatic heterocycles. The predicted octanol–water partition coefficient (Wildman–Crippen LogP) is 3.00. The average Bonchev–Trinajstić information content (AvgIpc) is 2.18. The quantitative estimate of drug-likeness (QED) is 0.723. The lowest BCUT2D eigenvalue weighted by molar-refractivity contribution is 0.448. The summed E-state index contributed by atoms with van der Waals surface area (Å²) in [5, 5.41) is 19.3. The molecule has 0 aliphatic rings. The molecule has 0 aliphatic heterocycles. The van der Waals surface area contributed by atoms with Gasteiger partial charge in [-0.05, 0) is 42.5 Å². The lowest BCUT2D eigenvalue weighted by atomic mass is 10.0. The molecule has 2 heteroatoms. The van der Waals surface area contributed by atoms with E-state index in [-0.39, 0.29) is 0 Å². The van der Waals surface area contributed by atoms with Gasteiger partial charge >= 0.3 is 0 Å². The van der Waals surface area contributed by atoms with Gasteiger partial charge in [0.25, 0.3) is 0 Å². The number of unbranched alkanes of at least 4 members (excludes halogenated alkanes) is 1. The van der Waals surface area contributed by atoms with E-state index in [0.717, 1.165) is 36.8 Å². The van der Waals surface area contributed by atoms with Crippen LogP contribution in [0, 0.1) is 0 Å². The minimum Gasteiger partial charge on any atom is -0.508 e. The van der Waals surface area contributed by atoms with Crippen molar-refractivity contribution < 1.29 is 10.2 Å². The van der Waals surface area contributed by atoms with Gasteiger partial charge in [0.2, 0.25) is 0 Å². The van der Waals surface area contributed by atoms with Gasteiger partial charge in [0.05, 0.1) is 0 Å². The molecule has 0 fully saturated rings. The first-order valence-electron chi connectivity index (χ1n) is 5.22. The van der Waals surface area contributed by atoms with Crippen molar-refractivity contribution in [2.24, 2.45) is 0 Å². The van der Waals surface area contributed by atoms with Crippen LogP contribution in [0.3, 0.4) is 0 Å². The first-order chi connectivity index (χ1) is 6.69. The summed E-state index contributed by atoms with van der Waals surface area (Å²) in [6.45, 7) is 4.07. The lowest BCUT2D eigenvalue weighted by Gasteiger charge is -2.08. The van der Waals surface area contributed by atoms with Crippen LogP contribution in [0.1, 0.15) is 37.8 Å². The summed E-state index contributed by atoms with van der Waals surface area (Å²) in [5.74, 6) is 0.615. The molecule has 78 valence electrons. The van der Waals surface area contributed by atoms with Gasteiger partial charge in [-0.15, -0.1) is 0 Å². The lowest BCUT2D eigenvalue weighted by Crippen LogP contribution is -1.89. The highest BCUT2D eigenvalue weighted by molar-refractivity contribution is 5.45. The third-order valence-corrected chi connectivity index (χ3v) is 2.46. The summed E-state index contributed by atoms with van der Waals surface area (Å²) < 4.78 is 0. The molecule has 0 amide bonds. The van der Waals surface area contributed by atoms with Crippen molar-refractivity contribution >= 4 is 0 Å². The van der Waals surface area contributed by atoms with E-state index < -0.39 is 0 Å². The fourth-order valence-corrected chi connectivity index (χ4v) is 1.51. The van der Waals surface area contributed by atoms with Crippen LogP contribution in [0.2, 0.25) is 0 Å². The van der Waals surface area contributed by atoms with E-state index in [1.807, 2.05) is 6.92 Å². The summed E-state index contributed by atoms with van der Waals surface area (Å²) in [6.07, 6.45) is 3.71. The summed E-state index contributed by atoms with van der Waals surface area (Å²) in [6, 6.07) is 3.35. The maximum atomic E-state index is 9.66. The van der Waals surface area contributed by atoms with E-state index in [9.17, 15) is 10.2 Å². The SMILES string of the molecule is CCCCc1cc(O)c(CC)cc1O. The number of phenolic OH excluding ortho intramolecular Hbond substituents is 2. The first kappa shape index (κ1) is 10.9. The van der Waals surface area contributed by atoms with Gasteiger partial charge in [-0.2, -0.15) is 0 Å². The van der Waals surface area contributed by atoms with E-state index >= 15 is 0 Å². The topological polar surface area (TPSA) is 40.5 Å². The molecule has 0 heterocycles. The Morgan fingerprint density at radius 1 is 1.00 bits per heavy atom. The summed E-state index contributed by atoms with van der Waals surface area (Å²) in [7, 11) is 0. The van der Waals surface area contributed by atoms with Crippen molar-refractivity contribution in [2.45, 2.75) is 39.5 Å². The van der Waals surface area contributed by atoms with Crippen LogP contribution in [-0.4, -0.2) is 10.2 Å². The number of phenols is 2. The molecule has 0 aliphatic carbocycles. The Balaban J connectivity index is 2.90. The number of benzene rings is 1. The molecule has 0 bridgehead atoms. The molecule has 2 nitrogen and oxygen atoms in total. The van der Waals surface area contributed by atoms with Gasteiger partial charge < -0.3 is 10.2 Å². The monoisotopic (exact) mass is 194 g/mol. The smallest absolute Gasteiger partial charge is 0.119 e. The van der Waals surface area contributed by atoms with E-state index in [1.165, 1.54) is 0 Å². The number of aryl methyl sites for hydroxylation is 2. The minimum absolute atomic E-state index is 0.302. The molecule has 0 atom stereocenters. The second kappa shape index (κ2) is 4.89. The zero-order valence-corrected chi connectivity index (χ0v) is 8.88.